The van der Waals surface area contributed by atoms with Crippen LogP contribution in [-0.4, -0.2) is 46.8 Å². The molecule has 1 aromatic carbocycles. The molecule has 0 aliphatic rings. The zero-order chi connectivity index (χ0) is 21.5. The van der Waals surface area contributed by atoms with Gasteiger partial charge in [-0.25, -0.2) is 9.59 Å². The number of nitro benzene ring substituents is 1. The van der Waals surface area contributed by atoms with E-state index in [2.05, 4.69) is 12.2 Å². The van der Waals surface area contributed by atoms with Crippen LogP contribution in [0.4, 0.5) is 5.69 Å². The lowest BCUT2D eigenvalue weighted by molar-refractivity contribution is -0.386. The highest BCUT2D eigenvalue weighted by Gasteiger charge is 2.19. The predicted octanol–water partition coefficient (Wildman–Crippen LogP) is 3.51. The second-order valence-corrected chi connectivity index (χ2v) is 6.09. The van der Waals surface area contributed by atoms with Crippen LogP contribution in [0.5, 0.6) is 5.75 Å². The van der Waals surface area contributed by atoms with Crippen LogP contribution < -0.4 is 10.1 Å². The number of ether oxygens (including phenoxy) is 1. The molecule has 1 unspecified atom stereocenters. The monoisotopic (exact) mass is 416 g/mol. The highest BCUT2D eigenvalue weighted by atomic mass is 35.5. The third-order valence-corrected chi connectivity index (χ3v) is 3.61. The highest BCUT2D eigenvalue weighted by Crippen LogP contribution is 2.31. The fourth-order valence-corrected chi connectivity index (χ4v) is 2.22. The van der Waals surface area contributed by atoms with Crippen LogP contribution in [0.15, 0.2) is 30.4 Å². The third kappa shape index (κ3) is 11.9. The molecule has 156 valence electrons. The average Bonchev–Trinajstić information content (AvgIpc) is 2.62. The van der Waals surface area contributed by atoms with Crippen LogP contribution in [0.2, 0.25) is 5.02 Å². The Bertz CT molecular complexity index is 656. The summed E-state index contributed by atoms with van der Waals surface area (Å²) in [6.07, 6.45) is 4.85. The highest BCUT2D eigenvalue weighted by molar-refractivity contribution is 6.30. The molecule has 1 aromatic rings. The van der Waals surface area contributed by atoms with Crippen LogP contribution >= 0.6 is 11.6 Å². The first-order valence-corrected chi connectivity index (χ1v) is 8.98. The van der Waals surface area contributed by atoms with Crippen molar-refractivity contribution in [1.82, 2.24) is 5.32 Å². The normalized spacial score (nSPS) is 11.4. The number of carbonyl (C=O) groups is 2. The minimum absolute atomic E-state index is 0.0413. The summed E-state index contributed by atoms with van der Waals surface area (Å²) < 4.78 is 5.83. The summed E-state index contributed by atoms with van der Waals surface area (Å²) in [5.41, 5.74) is -0.0413. The number of hydrogen-bond donors (Lipinski definition) is 3. The van der Waals surface area contributed by atoms with Crippen LogP contribution in [0.25, 0.3) is 0 Å². The Kier molecular flexibility index (Phi) is 13.0. The van der Waals surface area contributed by atoms with Gasteiger partial charge in [0.25, 0.3) is 0 Å². The van der Waals surface area contributed by atoms with Gasteiger partial charge in [-0.1, -0.05) is 31.4 Å². The van der Waals surface area contributed by atoms with Gasteiger partial charge in [0, 0.05) is 29.3 Å². The number of hydrogen-bond acceptors (Lipinski definition) is 6. The lowest BCUT2D eigenvalue weighted by atomic mass is 10.1. The molecule has 0 aliphatic heterocycles. The summed E-state index contributed by atoms with van der Waals surface area (Å²) in [6.45, 7) is 2.92. The van der Waals surface area contributed by atoms with E-state index in [1.165, 1.54) is 18.2 Å². The molecule has 0 bridgehead atoms. The quantitative estimate of drug-likeness (QED) is 0.283. The first kappa shape index (κ1) is 25.4. The van der Waals surface area contributed by atoms with E-state index >= 15 is 0 Å². The van der Waals surface area contributed by atoms with E-state index in [4.69, 9.17) is 26.6 Å². The van der Waals surface area contributed by atoms with Crippen LogP contribution in [0.1, 0.15) is 32.6 Å². The van der Waals surface area contributed by atoms with Crippen molar-refractivity contribution >= 4 is 29.2 Å². The average molecular weight is 417 g/mol. The Hall–Kier alpha value is -2.65. The number of nitrogens with zero attached hydrogens (tertiary/aromatic N) is 1. The molecule has 0 aromatic heterocycles. The summed E-state index contributed by atoms with van der Waals surface area (Å²) in [4.78, 5) is 29.7. The molecule has 10 heteroatoms. The smallest absolute Gasteiger partial charge is 0.328 e. The van der Waals surface area contributed by atoms with Gasteiger partial charge in [0.2, 0.25) is 0 Å². The van der Waals surface area contributed by atoms with Crippen molar-refractivity contribution in [3.8, 4) is 5.75 Å². The maximum Gasteiger partial charge on any atom is 0.328 e. The van der Waals surface area contributed by atoms with E-state index in [0.717, 1.165) is 32.2 Å². The minimum Gasteiger partial charge on any atom is -0.483 e. The molecular formula is C18H25ClN2O7. The molecule has 1 rings (SSSR count). The Morgan fingerprint density at radius 2 is 1.89 bits per heavy atom. The van der Waals surface area contributed by atoms with Gasteiger partial charge in [-0.2, -0.15) is 0 Å². The summed E-state index contributed by atoms with van der Waals surface area (Å²) >= 11 is 5.90. The first-order chi connectivity index (χ1) is 13.2. The van der Waals surface area contributed by atoms with Crippen LogP contribution in [0, 0.1) is 10.1 Å². The Morgan fingerprint density at radius 3 is 2.36 bits per heavy atom. The molecule has 0 aliphatic carbocycles. The Labute approximate surface area is 168 Å². The van der Waals surface area contributed by atoms with Gasteiger partial charge in [-0.05, 0) is 32.5 Å². The topological polar surface area (TPSA) is 139 Å². The SMILES string of the molecule is CCCCC(CCNC)Oc1cc(Cl)ccc1[N+](=O)[O-].O=C(O)C=CC(=O)O. The van der Waals surface area contributed by atoms with Gasteiger partial charge in [-0.3, -0.25) is 10.1 Å². The largest absolute Gasteiger partial charge is 0.483 e. The molecule has 0 fully saturated rings. The van der Waals surface area contributed by atoms with Gasteiger partial charge < -0.3 is 20.3 Å². The molecular weight excluding hydrogens is 392 g/mol. The fourth-order valence-electron chi connectivity index (χ4n) is 2.05. The van der Waals surface area contributed by atoms with Crippen molar-refractivity contribution in [2.75, 3.05) is 13.6 Å². The number of rotatable bonds is 11. The summed E-state index contributed by atoms with van der Waals surface area (Å²) in [5.74, 6) is -2.26. The molecule has 3 N–H and O–H groups in total. The van der Waals surface area contributed by atoms with Crippen molar-refractivity contribution in [1.29, 1.82) is 0 Å². The minimum atomic E-state index is -1.26. The van der Waals surface area contributed by atoms with E-state index in [1.54, 1.807) is 0 Å². The van der Waals surface area contributed by atoms with E-state index in [-0.39, 0.29) is 17.5 Å². The van der Waals surface area contributed by atoms with Crippen molar-refractivity contribution in [3.63, 3.8) is 0 Å². The zero-order valence-electron chi connectivity index (χ0n) is 15.8. The number of unbranched alkanes of at least 4 members (excludes halogenated alkanes) is 1. The molecule has 0 spiro atoms. The van der Waals surface area contributed by atoms with E-state index in [9.17, 15) is 19.7 Å². The number of benzene rings is 1. The summed E-state index contributed by atoms with van der Waals surface area (Å²) in [5, 5.41) is 30.1. The third-order valence-electron chi connectivity index (χ3n) is 3.38. The molecule has 0 heterocycles. The van der Waals surface area contributed by atoms with Gasteiger partial charge in [-0.15, -0.1) is 0 Å². The van der Waals surface area contributed by atoms with Gasteiger partial charge in [0.15, 0.2) is 5.75 Å². The fraction of sp³-hybridized carbons (Fsp3) is 0.444. The Morgan fingerprint density at radius 1 is 1.29 bits per heavy atom. The molecule has 0 amide bonds. The molecule has 28 heavy (non-hydrogen) atoms. The predicted molar refractivity (Wildman–Crippen MR) is 105 cm³/mol. The lowest BCUT2D eigenvalue weighted by Crippen LogP contribution is -2.23. The van der Waals surface area contributed by atoms with Gasteiger partial charge in [0.05, 0.1) is 4.92 Å². The van der Waals surface area contributed by atoms with Crippen LogP contribution in [-0.2, 0) is 9.59 Å². The molecule has 0 saturated carbocycles. The standard InChI is InChI=1S/C14H21ClN2O3.C4H4O4/c1-3-4-5-12(8-9-16-2)20-14-10-11(15)6-7-13(14)17(18)19;5-3(6)1-2-4(7)8/h6-7,10,12,16H,3-5,8-9H2,1-2H3;1-2H,(H,5,6)(H,7,8). The van der Waals surface area contributed by atoms with Crippen molar-refractivity contribution in [2.45, 2.75) is 38.7 Å². The maximum atomic E-state index is 11.0. The van der Waals surface area contributed by atoms with Crippen LogP contribution in [0.3, 0.4) is 0 Å². The zero-order valence-corrected chi connectivity index (χ0v) is 16.5. The van der Waals surface area contributed by atoms with Gasteiger partial charge >= 0.3 is 17.6 Å². The summed E-state index contributed by atoms with van der Waals surface area (Å²) in [6, 6.07) is 4.39. The lowest BCUT2D eigenvalue weighted by Gasteiger charge is -2.19. The molecule has 0 radical (unpaired) electrons. The van der Waals surface area contributed by atoms with Crippen molar-refractivity contribution in [2.24, 2.45) is 0 Å². The second-order valence-electron chi connectivity index (χ2n) is 5.65. The first-order valence-electron chi connectivity index (χ1n) is 8.60. The molecule has 9 nitrogen and oxygen atoms in total. The number of halogens is 1. The van der Waals surface area contributed by atoms with E-state index in [0.29, 0.717) is 17.2 Å². The molecule has 1 atom stereocenters. The van der Waals surface area contributed by atoms with E-state index < -0.39 is 16.9 Å². The Balaban J connectivity index is 0.000000769. The maximum absolute atomic E-state index is 11.0. The number of nitrogens with one attached hydrogen (secondary N) is 1. The number of nitro groups is 1. The van der Waals surface area contributed by atoms with Gasteiger partial charge in [0.1, 0.15) is 6.10 Å². The van der Waals surface area contributed by atoms with E-state index in [1.807, 2.05) is 7.05 Å². The number of aliphatic carboxylic acids is 2. The summed E-state index contributed by atoms with van der Waals surface area (Å²) in [7, 11) is 1.87. The number of carboxylic acid groups (broad SMARTS) is 2. The molecule has 0 saturated heterocycles. The second kappa shape index (κ2) is 14.4. The van der Waals surface area contributed by atoms with Crippen molar-refractivity contribution in [3.05, 3.63) is 45.5 Å². The van der Waals surface area contributed by atoms with Crippen molar-refractivity contribution < 1.29 is 29.5 Å². The number of carboxylic acids is 2.